The van der Waals surface area contributed by atoms with Crippen molar-refractivity contribution in [2.45, 2.75) is 39.5 Å². The van der Waals surface area contributed by atoms with Crippen molar-refractivity contribution in [1.29, 1.82) is 0 Å². The van der Waals surface area contributed by atoms with E-state index in [2.05, 4.69) is 46.0 Å². The second-order valence-corrected chi connectivity index (χ2v) is 8.16. The summed E-state index contributed by atoms with van der Waals surface area (Å²) in [7, 11) is 0. The molecule has 0 amide bonds. The van der Waals surface area contributed by atoms with Crippen molar-refractivity contribution in [3.8, 4) is 16.5 Å². The molecule has 1 aromatic carbocycles. The van der Waals surface area contributed by atoms with Crippen LogP contribution in [0.3, 0.4) is 0 Å². The van der Waals surface area contributed by atoms with Crippen LogP contribution in [0.2, 0.25) is 0 Å². The average molecular weight is 377 g/mol. The van der Waals surface area contributed by atoms with Crippen LogP contribution < -0.4 is 5.56 Å². The zero-order valence-corrected chi connectivity index (χ0v) is 16.2. The normalized spacial score (nSPS) is 14.2. The zero-order chi connectivity index (χ0) is 18.7. The molecular formula is C20H19N5OS. The van der Waals surface area contributed by atoms with Gasteiger partial charge in [0.1, 0.15) is 5.39 Å². The maximum atomic E-state index is 12.6. The van der Waals surface area contributed by atoms with Gasteiger partial charge in [0.25, 0.3) is 5.56 Å². The minimum absolute atomic E-state index is 0.195. The first kappa shape index (κ1) is 16.4. The molecule has 4 aromatic rings. The molecular weight excluding hydrogens is 358 g/mol. The average Bonchev–Trinajstić information content (AvgIpc) is 3.24. The third-order valence-electron chi connectivity index (χ3n) is 5.00. The fraction of sp³-hybridized carbons (Fsp3) is 0.300. The number of H-pyrrole nitrogens is 1. The van der Waals surface area contributed by atoms with Crippen LogP contribution >= 0.6 is 11.3 Å². The first-order valence-electron chi connectivity index (χ1n) is 9.03. The van der Waals surface area contributed by atoms with Crippen molar-refractivity contribution in [3.63, 3.8) is 0 Å². The number of hydrogen-bond donors (Lipinski definition) is 1. The van der Waals surface area contributed by atoms with E-state index in [-0.39, 0.29) is 5.56 Å². The van der Waals surface area contributed by atoms with E-state index in [9.17, 15) is 4.79 Å². The van der Waals surface area contributed by atoms with E-state index < -0.39 is 0 Å². The van der Waals surface area contributed by atoms with Gasteiger partial charge in [-0.3, -0.25) is 4.79 Å². The Morgan fingerprint density at radius 1 is 1.15 bits per heavy atom. The molecule has 0 aliphatic heterocycles. The Morgan fingerprint density at radius 2 is 1.89 bits per heavy atom. The van der Waals surface area contributed by atoms with Crippen LogP contribution in [-0.4, -0.2) is 24.7 Å². The molecule has 0 bridgehead atoms. The minimum Gasteiger partial charge on any atom is -0.304 e. The number of nitrogens with one attached hydrogen (secondary N) is 1. The van der Waals surface area contributed by atoms with Gasteiger partial charge >= 0.3 is 0 Å². The number of rotatable bonds is 3. The largest absolute Gasteiger partial charge is 0.304 e. The van der Waals surface area contributed by atoms with E-state index in [1.807, 2.05) is 12.3 Å². The molecule has 1 N–H and O–H groups in total. The molecule has 0 spiro atoms. The Balaban J connectivity index is 1.65. The summed E-state index contributed by atoms with van der Waals surface area (Å²) in [5.41, 5.74) is 5.90. The fourth-order valence-electron chi connectivity index (χ4n) is 3.60. The Morgan fingerprint density at radius 3 is 2.52 bits per heavy atom. The molecule has 1 saturated carbocycles. The summed E-state index contributed by atoms with van der Waals surface area (Å²) < 4.78 is 1.78. The molecule has 0 radical (unpaired) electrons. The van der Waals surface area contributed by atoms with Crippen molar-refractivity contribution >= 4 is 22.4 Å². The van der Waals surface area contributed by atoms with Gasteiger partial charge in [-0.2, -0.15) is 0 Å². The molecule has 1 fully saturated rings. The van der Waals surface area contributed by atoms with Crippen molar-refractivity contribution in [2.75, 3.05) is 0 Å². The minimum atomic E-state index is -0.195. The highest BCUT2D eigenvalue weighted by Gasteiger charge is 2.25. The lowest BCUT2D eigenvalue weighted by atomic mass is 10.0. The van der Waals surface area contributed by atoms with Gasteiger partial charge < -0.3 is 4.98 Å². The maximum Gasteiger partial charge on any atom is 0.262 e. The van der Waals surface area contributed by atoms with Crippen molar-refractivity contribution in [1.82, 2.24) is 24.7 Å². The zero-order valence-electron chi connectivity index (χ0n) is 15.4. The van der Waals surface area contributed by atoms with E-state index in [0.717, 1.165) is 22.5 Å². The number of aryl methyl sites for hydroxylation is 3. The van der Waals surface area contributed by atoms with E-state index in [4.69, 9.17) is 0 Å². The highest BCUT2D eigenvalue weighted by molar-refractivity contribution is 7.13. The van der Waals surface area contributed by atoms with Crippen LogP contribution in [0.25, 0.3) is 27.6 Å². The van der Waals surface area contributed by atoms with Gasteiger partial charge in [-0.1, -0.05) is 12.1 Å². The molecule has 3 aromatic heterocycles. The van der Waals surface area contributed by atoms with E-state index >= 15 is 0 Å². The maximum absolute atomic E-state index is 12.6. The summed E-state index contributed by atoms with van der Waals surface area (Å²) in [6.07, 6.45) is 4.33. The van der Waals surface area contributed by atoms with Crippen LogP contribution in [0.1, 0.15) is 41.1 Å². The Bertz CT molecular complexity index is 1220. The van der Waals surface area contributed by atoms with E-state index in [1.54, 1.807) is 10.9 Å². The summed E-state index contributed by atoms with van der Waals surface area (Å²) in [5.74, 6) is 1.18. The summed E-state index contributed by atoms with van der Waals surface area (Å²) in [6.45, 7) is 6.12. The number of benzene rings is 1. The molecule has 5 rings (SSSR count). The van der Waals surface area contributed by atoms with Crippen molar-refractivity contribution in [3.05, 3.63) is 56.4 Å². The molecule has 0 atom stereocenters. The van der Waals surface area contributed by atoms with Crippen LogP contribution in [0, 0.1) is 20.8 Å². The quantitative estimate of drug-likeness (QED) is 0.585. The standard InChI is InChI=1S/C20H19N5OS/c1-10-6-14(13-4-5-13)7-11(2)16(10)25-8-15-17(24-25)22-18(23-19(15)26)20-21-12(3)9-27-20/h6-9,13H,4-5H2,1-3H3,(H,22,23,24,26). The number of aromatic nitrogens is 5. The lowest BCUT2D eigenvalue weighted by Gasteiger charge is -2.12. The molecule has 0 unspecified atom stereocenters. The smallest absolute Gasteiger partial charge is 0.262 e. The van der Waals surface area contributed by atoms with Crippen LogP contribution in [0.4, 0.5) is 0 Å². The summed E-state index contributed by atoms with van der Waals surface area (Å²) in [4.78, 5) is 24.4. The summed E-state index contributed by atoms with van der Waals surface area (Å²) in [5, 5.41) is 7.73. The highest BCUT2D eigenvalue weighted by Crippen LogP contribution is 2.41. The topological polar surface area (TPSA) is 76.5 Å². The Kier molecular flexibility index (Phi) is 3.55. The molecule has 3 heterocycles. The second kappa shape index (κ2) is 5.85. The molecule has 27 heavy (non-hydrogen) atoms. The molecule has 0 saturated heterocycles. The molecule has 1 aliphatic carbocycles. The molecule has 1 aliphatic rings. The van der Waals surface area contributed by atoms with E-state index in [1.165, 1.54) is 29.7 Å². The predicted octanol–water partition coefficient (Wildman–Crippen LogP) is 4.03. The highest BCUT2D eigenvalue weighted by atomic mass is 32.1. The number of hydrogen-bond acceptors (Lipinski definition) is 5. The SMILES string of the molecule is Cc1csc(-c2nc3nn(-c4c(C)cc(C5CC5)cc4C)cc3c(=O)[nH]2)n1. The molecule has 6 nitrogen and oxygen atoms in total. The van der Waals surface area contributed by atoms with Crippen LogP contribution in [0.5, 0.6) is 0 Å². The van der Waals surface area contributed by atoms with Crippen molar-refractivity contribution in [2.24, 2.45) is 0 Å². The summed E-state index contributed by atoms with van der Waals surface area (Å²) in [6, 6.07) is 4.49. The first-order chi connectivity index (χ1) is 13.0. The third-order valence-corrected chi connectivity index (χ3v) is 5.97. The van der Waals surface area contributed by atoms with Crippen LogP contribution in [-0.2, 0) is 0 Å². The van der Waals surface area contributed by atoms with Gasteiger partial charge in [0.05, 0.1) is 5.69 Å². The first-order valence-corrected chi connectivity index (χ1v) is 9.91. The monoisotopic (exact) mass is 377 g/mol. The molecule has 136 valence electrons. The molecule has 7 heteroatoms. The third kappa shape index (κ3) is 2.78. The number of nitrogens with zero attached hydrogens (tertiary/aromatic N) is 4. The van der Waals surface area contributed by atoms with Gasteiger partial charge in [-0.15, -0.1) is 16.4 Å². The van der Waals surface area contributed by atoms with Gasteiger partial charge in [0, 0.05) is 17.3 Å². The predicted molar refractivity (Wildman–Crippen MR) is 107 cm³/mol. The summed E-state index contributed by atoms with van der Waals surface area (Å²) >= 11 is 1.46. The fourth-order valence-corrected chi connectivity index (χ4v) is 4.34. The number of fused-ring (bicyclic) bond motifs is 1. The lowest BCUT2D eigenvalue weighted by molar-refractivity contribution is 0.870. The van der Waals surface area contributed by atoms with Crippen LogP contribution in [0.15, 0.2) is 28.5 Å². The lowest BCUT2D eigenvalue weighted by Crippen LogP contribution is -2.08. The van der Waals surface area contributed by atoms with Gasteiger partial charge in [0.2, 0.25) is 0 Å². The number of aromatic amines is 1. The van der Waals surface area contributed by atoms with Gasteiger partial charge in [0.15, 0.2) is 16.5 Å². The van der Waals surface area contributed by atoms with E-state index in [0.29, 0.717) is 27.8 Å². The number of thiazole rings is 1. The Hall–Kier alpha value is -2.80. The Labute approximate surface area is 159 Å². The van der Waals surface area contributed by atoms with Gasteiger partial charge in [-0.25, -0.2) is 14.6 Å². The van der Waals surface area contributed by atoms with Crippen molar-refractivity contribution < 1.29 is 0 Å². The van der Waals surface area contributed by atoms with Gasteiger partial charge in [-0.05, 0) is 56.2 Å². The second-order valence-electron chi connectivity index (χ2n) is 7.30.